The van der Waals surface area contributed by atoms with Crippen molar-refractivity contribution < 1.29 is 0 Å². The fourth-order valence-corrected chi connectivity index (χ4v) is 1.69. The van der Waals surface area contributed by atoms with Crippen LogP contribution in [-0.2, 0) is 0 Å². The van der Waals surface area contributed by atoms with Gasteiger partial charge in [-0.15, -0.1) is 0 Å². The van der Waals surface area contributed by atoms with E-state index in [0.29, 0.717) is 0 Å². The van der Waals surface area contributed by atoms with Crippen molar-refractivity contribution in [2.75, 3.05) is 5.75 Å². The van der Waals surface area contributed by atoms with Crippen molar-refractivity contribution in [3.63, 3.8) is 0 Å². The molecule has 0 spiro atoms. The molecule has 0 saturated heterocycles. The Morgan fingerprint density at radius 2 is 2.06 bits per heavy atom. The van der Waals surface area contributed by atoms with Gasteiger partial charge in [0.15, 0.2) is 0 Å². The highest BCUT2D eigenvalue weighted by Crippen LogP contribution is 2.16. The summed E-state index contributed by atoms with van der Waals surface area (Å²) in [6, 6.07) is 8.23. The molecule has 1 aromatic carbocycles. The maximum absolute atomic E-state index is 6.06. The van der Waals surface area contributed by atoms with Crippen molar-refractivity contribution in [3.05, 3.63) is 35.4 Å². The van der Waals surface area contributed by atoms with E-state index in [4.69, 9.17) is 5.73 Å². The van der Waals surface area contributed by atoms with Crippen LogP contribution in [0.1, 0.15) is 44.4 Å². The highest BCUT2D eigenvalue weighted by Gasteiger charge is 2.06. The van der Waals surface area contributed by atoms with Gasteiger partial charge in [-0.3, -0.25) is 0 Å². The van der Waals surface area contributed by atoms with Crippen LogP contribution in [0.5, 0.6) is 0 Å². The average Bonchev–Trinajstić information content (AvgIpc) is 2.26. The van der Waals surface area contributed by atoms with E-state index < -0.39 is 0 Å². The standard InChI is InChI=1S/C15H21NS/c1-15(2,3)9-7-12-5-4-6-13(11-12)14(16)8-10-17/h4-6,11,14,17H,8,10,16H2,1-3H3. The topological polar surface area (TPSA) is 26.0 Å². The molecule has 92 valence electrons. The molecule has 0 aliphatic carbocycles. The summed E-state index contributed by atoms with van der Waals surface area (Å²) in [5, 5.41) is 0. The van der Waals surface area contributed by atoms with Gasteiger partial charge in [0, 0.05) is 17.0 Å². The Kier molecular flexibility index (Phi) is 5.11. The average molecular weight is 247 g/mol. The third-order valence-electron chi connectivity index (χ3n) is 2.34. The SMILES string of the molecule is CC(C)(C)C#Cc1cccc(C(N)CCS)c1. The second-order valence-electron chi connectivity index (χ2n) is 5.24. The summed E-state index contributed by atoms with van der Waals surface area (Å²) in [6.07, 6.45) is 0.888. The number of benzene rings is 1. The molecule has 0 heterocycles. The second kappa shape index (κ2) is 6.14. The molecule has 0 fully saturated rings. The summed E-state index contributed by atoms with van der Waals surface area (Å²) >= 11 is 4.21. The Hall–Kier alpha value is -0.910. The van der Waals surface area contributed by atoms with Crippen LogP contribution in [0.2, 0.25) is 0 Å². The Morgan fingerprint density at radius 1 is 1.35 bits per heavy atom. The Labute approximate surface area is 110 Å². The van der Waals surface area contributed by atoms with Crippen molar-refractivity contribution in [3.8, 4) is 11.8 Å². The van der Waals surface area contributed by atoms with Crippen molar-refractivity contribution in [1.82, 2.24) is 0 Å². The van der Waals surface area contributed by atoms with E-state index in [9.17, 15) is 0 Å². The largest absolute Gasteiger partial charge is 0.324 e. The molecule has 0 aromatic heterocycles. The summed E-state index contributed by atoms with van der Waals surface area (Å²) in [7, 11) is 0. The van der Waals surface area contributed by atoms with Gasteiger partial charge in [0.1, 0.15) is 0 Å². The molecule has 1 unspecified atom stereocenters. The van der Waals surface area contributed by atoms with Gasteiger partial charge in [-0.2, -0.15) is 12.6 Å². The lowest BCUT2D eigenvalue weighted by Crippen LogP contribution is -2.10. The zero-order valence-electron chi connectivity index (χ0n) is 10.8. The minimum Gasteiger partial charge on any atom is -0.324 e. The fraction of sp³-hybridized carbons (Fsp3) is 0.467. The van der Waals surface area contributed by atoms with E-state index in [0.717, 1.165) is 23.3 Å². The lowest BCUT2D eigenvalue weighted by Gasteiger charge is -2.11. The van der Waals surface area contributed by atoms with E-state index in [1.54, 1.807) is 0 Å². The van der Waals surface area contributed by atoms with E-state index in [2.05, 4.69) is 57.4 Å². The molecular weight excluding hydrogens is 226 g/mol. The Morgan fingerprint density at radius 3 is 2.65 bits per heavy atom. The molecule has 1 rings (SSSR count). The monoisotopic (exact) mass is 247 g/mol. The molecule has 0 aliphatic heterocycles. The number of hydrogen-bond acceptors (Lipinski definition) is 2. The highest BCUT2D eigenvalue weighted by molar-refractivity contribution is 7.80. The van der Waals surface area contributed by atoms with Crippen molar-refractivity contribution >= 4 is 12.6 Å². The zero-order valence-corrected chi connectivity index (χ0v) is 11.7. The molecule has 1 atom stereocenters. The zero-order chi connectivity index (χ0) is 12.9. The number of nitrogens with two attached hydrogens (primary N) is 1. The van der Waals surface area contributed by atoms with Gasteiger partial charge in [0.2, 0.25) is 0 Å². The maximum atomic E-state index is 6.06. The molecule has 1 aromatic rings. The van der Waals surface area contributed by atoms with Crippen LogP contribution in [0.15, 0.2) is 24.3 Å². The first kappa shape index (κ1) is 14.2. The predicted molar refractivity (Wildman–Crippen MR) is 78.2 cm³/mol. The van der Waals surface area contributed by atoms with Crippen LogP contribution < -0.4 is 5.73 Å². The van der Waals surface area contributed by atoms with E-state index >= 15 is 0 Å². The normalized spacial score (nSPS) is 12.8. The molecule has 17 heavy (non-hydrogen) atoms. The van der Waals surface area contributed by atoms with Crippen molar-refractivity contribution in [2.24, 2.45) is 11.1 Å². The molecule has 2 heteroatoms. The number of hydrogen-bond donors (Lipinski definition) is 2. The van der Waals surface area contributed by atoms with Crippen molar-refractivity contribution in [1.29, 1.82) is 0 Å². The first-order valence-electron chi connectivity index (χ1n) is 5.92. The van der Waals surface area contributed by atoms with E-state index in [1.165, 1.54) is 0 Å². The van der Waals surface area contributed by atoms with E-state index in [1.807, 2.05) is 12.1 Å². The fourth-order valence-electron chi connectivity index (χ4n) is 1.41. The third-order valence-corrected chi connectivity index (χ3v) is 2.59. The van der Waals surface area contributed by atoms with E-state index in [-0.39, 0.29) is 11.5 Å². The smallest absolute Gasteiger partial charge is 0.0303 e. The van der Waals surface area contributed by atoms with Gasteiger partial charge in [-0.25, -0.2) is 0 Å². The van der Waals surface area contributed by atoms with Crippen LogP contribution >= 0.6 is 12.6 Å². The minimum absolute atomic E-state index is 0.0310. The quantitative estimate of drug-likeness (QED) is 0.621. The summed E-state index contributed by atoms with van der Waals surface area (Å²) in [5.74, 6) is 7.23. The Balaban J connectivity index is 2.89. The van der Waals surface area contributed by atoms with Gasteiger partial charge >= 0.3 is 0 Å². The summed E-state index contributed by atoms with van der Waals surface area (Å²) in [5.41, 5.74) is 8.26. The molecule has 2 N–H and O–H groups in total. The van der Waals surface area contributed by atoms with Gasteiger partial charge in [-0.1, -0.05) is 24.0 Å². The van der Waals surface area contributed by atoms with Gasteiger partial charge in [-0.05, 0) is 50.6 Å². The summed E-state index contributed by atoms with van der Waals surface area (Å²) in [6.45, 7) is 6.32. The highest BCUT2D eigenvalue weighted by atomic mass is 32.1. The van der Waals surface area contributed by atoms with Crippen LogP contribution in [0.4, 0.5) is 0 Å². The molecule has 1 nitrogen and oxygen atoms in total. The van der Waals surface area contributed by atoms with Crippen LogP contribution in [0.3, 0.4) is 0 Å². The lowest BCUT2D eigenvalue weighted by atomic mass is 9.96. The molecular formula is C15H21NS. The molecule has 0 saturated carbocycles. The molecule has 0 aliphatic rings. The van der Waals surface area contributed by atoms with Crippen LogP contribution in [0.25, 0.3) is 0 Å². The van der Waals surface area contributed by atoms with Gasteiger partial charge in [0.25, 0.3) is 0 Å². The lowest BCUT2D eigenvalue weighted by molar-refractivity contribution is 0.571. The van der Waals surface area contributed by atoms with Gasteiger partial charge in [0.05, 0.1) is 0 Å². The Bertz CT molecular complexity index is 421. The summed E-state index contributed by atoms with van der Waals surface area (Å²) < 4.78 is 0. The van der Waals surface area contributed by atoms with Crippen molar-refractivity contribution in [2.45, 2.75) is 33.2 Å². The molecule has 0 bridgehead atoms. The molecule has 0 amide bonds. The number of rotatable bonds is 3. The maximum Gasteiger partial charge on any atom is 0.0303 e. The first-order chi connectivity index (χ1) is 7.92. The molecule has 0 radical (unpaired) electrons. The number of thiol groups is 1. The third kappa shape index (κ3) is 5.30. The van der Waals surface area contributed by atoms with Crippen LogP contribution in [-0.4, -0.2) is 5.75 Å². The van der Waals surface area contributed by atoms with Gasteiger partial charge < -0.3 is 5.73 Å². The summed E-state index contributed by atoms with van der Waals surface area (Å²) in [4.78, 5) is 0. The minimum atomic E-state index is 0.0310. The first-order valence-corrected chi connectivity index (χ1v) is 6.55. The second-order valence-corrected chi connectivity index (χ2v) is 5.69. The predicted octanol–water partition coefficient (Wildman–Crippen LogP) is 3.40. The van der Waals surface area contributed by atoms with Crippen LogP contribution in [0, 0.1) is 17.3 Å².